The second kappa shape index (κ2) is 9.11. The Bertz CT molecular complexity index is 387. The number of nitrogens with zero attached hydrogens (tertiary/aromatic N) is 3. The third-order valence-corrected chi connectivity index (χ3v) is 4.16. The van der Waals surface area contributed by atoms with Crippen molar-refractivity contribution in [2.24, 2.45) is 0 Å². The van der Waals surface area contributed by atoms with E-state index < -0.39 is 11.9 Å². The minimum atomic E-state index is -1.09. The van der Waals surface area contributed by atoms with Crippen LogP contribution in [-0.4, -0.2) is 15.0 Å². The first-order valence-electron chi connectivity index (χ1n) is 8.32. The average molecular weight is 301 g/mol. The van der Waals surface area contributed by atoms with Gasteiger partial charge in [-0.2, -0.15) is 13.6 Å². The van der Waals surface area contributed by atoms with Crippen LogP contribution in [-0.2, 0) is 5.54 Å². The Balaban J connectivity index is 2.65. The van der Waals surface area contributed by atoms with Crippen LogP contribution in [0.5, 0.6) is 0 Å². The monoisotopic (exact) mass is 301 g/mol. The van der Waals surface area contributed by atoms with Gasteiger partial charge in [0.2, 0.25) is 0 Å². The Hall–Kier alpha value is -1.00. The van der Waals surface area contributed by atoms with Gasteiger partial charge < -0.3 is 0 Å². The van der Waals surface area contributed by atoms with Gasteiger partial charge in [0.15, 0.2) is 0 Å². The first-order chi connectivity index (χ1) is 10.0. The van der Waals surface area contributed by atoms with Gasteiger partial charge in [-0.1, -0.05) is 65.2 Å². The van der Waals surface area contributed by atoms with Crippen LogP contribution in [0.15, 0.2) is 0 Å². The molecule has 0 radical (unpaired) electrons. The Morgan fingerprint density at radius 3 is 1.76 bits per heavy atom. The minimum Gasteiger partial charge on any atom is -0.178 e. The molecule has 1 rings (SSSR count). The molecule has 1 atom stereocenters. The summed E-state index contributed by atoms with van der Waals surface area (Å²) in [7, 11) is 0. The number of hydrogen-bond acceptors (Lipinski definition) is 2. The van der Waals surface area contributed by atoms with Gasteiger partial charge in [-0.25, -0.2) is 0 Å². The van der Waals surface area contributed by atoms with Gasteiger partial charge in [0, 0.05) is 0 Å². The smallest absolute Gasteiger partial charge is 0.178 e. The molecule has 1 aromatic rings. The number of aromatic nitrogens is 3. The third kappa shape index (κ3) is 5.71. The Morgan fingerprint density at radius 1 is 0.810 bits per heavy atom. The fraction of sp³-hybridized carbons (Fsp3) is 0.875. The van der Waals surface area contributed by atoms with Crippen LogP contribution in [0.4, 0.5) is 8.78 Å². The van der Waals surface area contributed by atoms with Crippen molar-refractivity contribution < 1.29 is 8.78 Å². The van der Waals surface area contributed by atoms with E-state index in [0.29, 0.717) is 0 Å². The normalized spacial score (nSPS) is 14.3. The maximum absolute atomic E-state index is 13.2. The highest BCUT2D eigenvalue weighted by Gasteiger charge is 2.29. The summed E-state index contributed by atoms with van der Waals surface area (Å²) < 4.78 is 26.4. The molecule has 122 valence electrons. The summed E-state index contributed by atoms with van der Waals surface area (Å²) in [4.78, 5) is 1.27. The highest BCUT2D eigenvalue weighted by atomic mass is 19.2. The molecule has 0 amide bonds. The lowest BCUT2D eigenvalue weighted by atomic mass is 9.89. The minimum absolute atomic E-state index is 0.382. The van der Waals surface area contributed by atoms with Gasteiger partial charge >= 0.3 is 0 Å². The number of halogens is 2. The predicted octanol–water partition coefficient (Wildman–Crippen LogP) is 5.21. The fourth-order valence-corrected chi connectivity index (χ4v) is 2.70. The zero-order valence-electron chi connectivity index (χ0n) is 13.7. The molecule has 0 aliphatic carbocycles. The van der Waals surface area contributed by atoms with Gasteiger partial charge in [0.05, 0.1) is 5.54 Å². The number of rotatable bonds is 11. The summed E-state index contributed by atoms with van der Waals surface area (Å²) in [6.45, 7) is 6.35. The molecule has 1 heterocycles. The highest BCUT2D eigenvalue weighted by molar-refractivity contribution is 4.83. The molecule has 5 heteroatoms. The van der Waals surface area contributed by atoms with Crippen LogP contribution in [0, 0.1) is 11.9 Å². The average Bonchev–Trinajstić information content (AvgIpc) is 2.79. The van der Waals surface area contributed by atoms with Gasteiger partial charge in [-0.15, -0.1) is 10.2 Å². The summed E-state index contributed by atoms with van der Waals surface area (Å²) >= 11 is 0. The van der Waals surface area contributed by atoms with E-state index in [1.807, 2.05) is 6.92 Å². The van der Waals surface area contributed by atoms with Crippen molar-refractivity contribution in [2.75, 3.05) is 0 Å². The zero-order valence-corrected chi connectivity index (χ0v) is 13.7. The van der Waals surface area contributed by atoms with Crippen molar-refractivity contribution in [3.05, 3.63) is 11.9 Å². The second-order valence-electron chi connectivity index (χ2n) is 6.19. The molecule has 1 unspecified atom stereocenters. The van der Waals surface area contributed by atoms with Crippen LogP contribution in [0.3, 0.4) is 0 Å². The van der Waals surface area contributed by atoms with E-state index in [2.05, 4.69) is 24.0 Å². The van der Waals surface area contributed by atoms with Gasteiger partial charge in [-0.05, 0) is 19.8 Å². The van der Waals surface area contributed by atoms with E-state index in [-0.39, 0.29) is 5.54 Å². The Labute approximate surface area is 127 Å². The van der Waals surface area contributed by atoms with E-state index in [1.54, 1.807) is 0 Å². The summed E-state index contributed by atoms with van der Waals surface area (Å²) in [6, 6.07) is 0. The first kappa shape index (κ1) is 18.1. The standard InChI is InChI=1S/C16H29F2N3/c1-4-6-8-9-11-13-16(3,12-10-7-5-2)21-19-14(17)15(18)20-21/h4-13H2,1-3H3. The molecule has 0 N–H and O–H groups in total. The lowest BCUT2D eigenvalue weighted by molar-refractivity contribution is 0.195. The lowest BCUT2D eigenvalue weighted by Crippen LogP contribution is -2.32. The quantitative estimate of drug-likeness (QED) is 0.525. The molecule has 0 fully saturated rings. The molecule has 0 saturated carbocycles. The van der Waals surface area contributed by atoms with Crippen molar-refractivity contribution in [1.82, 2.24) is 15.0 Å². The largest absolute Gasteiger partial charge is 0.289 e. The van der Waals surface area contributed by atoms with Crippen LogP contribution in [0.2, 0.25) is 0 Å². The topological polar surface area (TPSA) is 30.7 Å². The van der Waals surface area contributed by atoms with Gasteiger partial charge in [0.1, 0.15) is 0 Å². The second-order valence-corrected chi connectivity index (χ2v) is 6.19. The van der Waals surface area contributed by atoms with Crippen molar-refractivity contribution in [3.8, 4) is 0 Å². The molecule has 0 aromatic carbocycles. The van der Waals surface area contributed by atoms with E-state index in [9.17, 15) is 8.78 Å². The van der Waals surface area contributed by atoms with E-state index in [0.717, 1.165) is 44.9 Å². The Kier molecular flexibility index (Phi) is 7.83. The van der Waals surface area contributed by atoms with Crippen LogP contribution < -0.4 is 0 Å². The maximum atomic E-state index is 13.2. The zero-order chi connectivity index (χ0) is 15.7. The Morgan fingerprint density at radius 2 is 1.24 bits per heavy atom. The third-order valence-electron chi connectivity index (χ3n) is 4.16. The number of hydrogen-bond donors (Lipinski definition) is 0. The molecular weight excluding hydrogens is 272 g/mol. The van der Waals surface area contributed by atoms with Crippen molar-refractivity contribution >= 4 is 0 Å². The molecule has 0 bridgehead atoms. The number of unbranched alkanes of at least 4 members (excludes halogenated alkanes) is 6. The molecule has 3 nitrogen and oxygen atoms in total. The molecule has 21 heavy (non-hydrogen) atoms. The van der Waals surface area contributed by atoms with Crippen molar-refractivity contribution in [2.45, 2.75) is 90.5 Å². The molecule has 1 aromatic heterocycles. The highest BCUT2D eigenvalue weighted by Crippen LogP contribution is 2.29. The molecule has 0 spiro atoms. The summed E-state index contributed by atoms with van der Waals surface area (Å²) in [5.41, 5.74) is -0.382. The fourth-order valence-electron chi connectivity index (χ4n) is 2.70. The van der Waals surface area contributed by atoms with Crippen molar-refractivity contribution in [3.63, 3.8) is 0 Å². The molecule has 0 saturated heterocycles. The van der Waals surface area contributed by atoms with Crippen LogP contribution in [0.25, 0.3) is 0 Å². The van der Waals surface area contributed by atoms with E-state index in [4.69, 9.17) is 0 Å². The predicted molar refractivity (Wildman–Crippen MR) is 81.1 cm³/mol. The van der Waals surface area contributed by atoms with E-state index in [1.165, 1.54) is 24.1 Å². The summed E-state index contributed by atoms with van der Waals surface area (Å²) in [5.74, 6) is -2.19. The maximum Gasteiger partial charge on any atom is 0.289 e. The SMILES string of the molecule is CCCCCCCC(C)(CCCCC)n1nc(F)c(F)n1. The summed E-state index contributed by atoms with van der Waals surface area (Å²) in [6.07, 6.45) is 10.9. The molecular formula is C16H29F2N3. The van der Waals surface area contributed by atoms with Gasteiger partial charge in [-0.3, -0.25) is 0 Å². The van der Waals surface area contributed by atoms with Crippen LogP contribution in [0.1, 0.15) is 85.0 Å². The molecule has 0 aliphatic rings. The van der Waals surface area contributed by atoms with Gasteiger partial charge in [0.25, 0.3) is 11.9 Å². The van der Waals surface area contributed by atoms with Crippen LogP contribution >= 0.6 is 0 Å². The lowest BCUT2D eigenvalue weighted by Gasteiger charge is -2.28. The first-order valence-corrected chi connectivity index (χ1v) is 8.32. The van der Waals surface area contributed by atoms with E-state index >= 15 is 0 Å². The summed E-state index contributed by atoms with van der Waals surface area (Å²) in [5, 5.41) is 7.28. The molecule has 0 aliphatic heterocycles. The van der Waals surface area contributed by atoms with Crippen molar-refractivity contribution in [1.29, 1.82) is 0 Å².